The van der Waals surface area contributed by atoms with E-state index in [2.05, 4.69) is 33.4 Å². The van der Waals surface area contributed by atoms with Crippen molar-refractivity contribution in [2.75, 3.05) is 17.9 Å². The second-order valence-electron chi connectivity index (χ2n) is 10.7. The summed E-state index contributed by atoms with van der Waals surface area (Å²) in [5.74, 6) is 0.878. The summed E-state index contributed by atoms with van der Waals surface area (Å²) >= 11 is 0. The van der Waals surface area contributed by atoms with Crippen molar-refractivity contribution in [3.8, 4) is 17.1 Å². The van der Waals surface area contributed by atoms with Gasteiger partial charge in [-0.15, -0.1) is 0 Å². The Morgan fingerprint density at radius 1 is 1.05 bits per heavy atom. The molecule has 3 aromatic rings. The fraction of sp³-hybridized carbons (Fsp3) is 0.448. The van der Waals surface area contributed by atoms with Crippen molar-refractivity contribution in [3.05, 3.63) is 65.2 Å². The molecule has 2 aromatic carbocycles. The van der Waals surface area contributed by atoms with Crippen molar-refractivity contribution in [1.82, 2.24) is 14.9 Å². The average molecular weight is 521 g/mol. The van der Waals surface area contributed by atoms with Gasteiger partial charge in [-0.05, 0) is 74.4 Å². The van der Waals surface area contributed by atoms with Gasteiger partial charge in [0.05, 0.1) is 10.6 Å². The van der Waals surface area contributed by atoms with Crippen LogP contribution in [0.15, 0.2) is 53.4 Å². The van der Waals surface area contributed by atoms with Gasteiger partial charge < -0.3 is 4.74 Å². The molecule has 1 N–H and O–H groups in total. The lowest BCUT2D eigenvalue weighted by atomic mass is 9.91. The molecule has 2 aliphatic rings. The van der Waals surface area contributed by atoms with Crippen molar-refractivity contribution in [1.29, 1.82) is 0 Å². The number of piperidine rings is 1. The molecule has 4 bridgehead atoms. The van der Waals surface area contributed by atoms with Crippen molar-refractivity contribution in [2.45, 2.75) is 70.4 Å². The Morgan fingerprint density at radius 3 is 2.57 bits per heavy atom. The van der Waals surface area contributed by atoms with Gasteiger partial charge in [-0.2, -0.15) is 4.98 Å². The molecule has 5 rings (SSSR count). The van der Waals surface area contributed by atoms with Crippen LogP contribution in [-0.4, -0.2) is 42.5 Å². The van der Waals surface area contributed by atoms with E-state index in [0.717, 1.165) is 54.5 Å². The minimum absolute atomic E-state index is 0.0120. The molecule has 2 atom stereocenters. The van der Waals surface area contributed by atoms with Gasteiger partial charge in [-0.25, -0.2) is 18.1 Å². The zero-order valence-electron chi connectivity index (χ0n) is 22.1. The molecule has 0 saturated carbocycles. The number of nitrogens with zero attached hydrogens (tertiary/aromatic N) is 3. The van der Waals surface area contributed by atoms with Gasteiger partial charge in [0.1, 0.15) is 6.61 Å². The van der Waals surface area contributed by atoms with Crippen LogP contribution in [0.1, 0.15) is 62.3 Å². The molecule has 0 spiro atoms. The molecule has 1 aromatic heterocycles. The van der Waals surface area contributed by atoms with Crippen LogP contribution in [-0.2, 0) is 10.0 Å². The van der Waals surface area contributed by atoms with Gasteiger partial charge in [0, 0.05) is 23.7 Å². The Labute approximate surface area is 220 Å². The van der Waals surface area contributed by atoms with Gasteiger partial charge in [-0.3, -0.25) is 4.90 Å². The SMILES string of the molecule is Cc1cccc(C)c1-c1cc2nc(n1)NS(=O)(=O)c1cccc(c1)C1CCCCN1C(CC(C)C)CO2. The van der Waals surface area contributed by atoms with Crippen LogP contribution in [0.4, 0.5) is 5.95 Å². The van der Waals surface area contributed by atoms with Crippen LogP contribution in [0.2, 0.25) is 0 Å². The third-order valence-corrected chi connectivity index (χ3v) is 8.72. The first-order valence-corrected chi connectivity index (χ1v) is 14.7. The number of aromatic nitrogens is 2. The fourth-order valence-corrected chi connectivity index (χ4v) is 6.73. The van der Waals surface area contributed by atoms with Crippen LogP contribution < -0.4 is 9.46 Å². The summed E-state index contributed by atoms with van der Waals surface area (Å²) < 4.78 is 35.9. The number of sulfonamides is 1. The second kappa shape index (κ2) is 10.4. The minimum atomic E-state index is -3.90. The highest BCUT2D eigenvalue weighted by Gasteiger charge is 2.32. The van der Waals surface area contributed by atoms with Gasteiger partial charge >= 0.3 is 0 Å². The molecule has 196 valence electrons. The molecule has 0 radical (unpaired) electrons. The van der Waals surface area contributed by atoms with Crippen molar-refractivity contribution in [2.24, 2.45) is 5.92 Å². The molecule has 37 heavy (non-hydrogen) atoms. The Kier molecular flexibility index (Phi) is 7.23. The molecule has 2 aliphatic heterocycles. The Balaban J connectivity index is 1.66. The quantitative estimate of drug-likeness (QED) is 0.463. The Bertz CT molecular complexity index is 1370. The van der Waals surface area contributed by atoms with E-state index >= 15 is 0 Å². The van der Waals surface area contributed by atoms with Crippen LogP contribution in [0, 0.1) is 19.8 Å². The van der Waals surface area contributed by atoms with E-state index in [9.17, 15) is 8.42 Å². The molecule has 1 saturated heterocycles. The smallest absolute Gasteiger partial charge is 0.264 e. The summed E-state index contributed by atoms with van der Waals surface area (Å²) in [4.78, 5) is 11.9. The maximum Gasteiger partial charge on any atom is 0.264 e. The normalized spacial score (nSPS) is 21.5. The van der Waals surface area contributed by atoms with Gasteiger partial charge in [0.15, 0.2) is 0 Å². The predicted octanol–water partition coefficient (Wildman–Crippen LogP) is 5.90. The zero-order chi connectivity index (χ0) is 26.2. The van der Waals surface area contributed by atoms with Crippen molar-refractivity contribution >= 4 is 16.0 Å². The highest BCUT2D eigenvalue weighted by molar-refractivity contribution is 7.92. The highest BCUT2D eigenvalue weighted by atomic mass is 32.2. The monoisotopic (exact) mass is 520 g/mol. The van der Waals surface area contributed by atoms with E-state index < -0.39 is 10.0 Å². The highest BCUT2D eigenvalue weighted by Crippen LogP contribution is 2.36. The van der Waals surface area contributed by atoms with E-state index in [1.165, 1.54) is 0 Å². The summed E-state index contributed by atoms with van der Waals surface area (Å²) in [6.45, 7) is 9.96. The number of nitrogens with one attached hydrogen (secondary N) is 1. The number of hydrogen-bond donors (Lipinski definition) is 1. The molecular formula is C29H36N4O3S. The van der Waals surface area contributed by atoms with Crippen LogP contribution in [0.5, 0.6) is 5.88 Å². The third-order valence-electron chi connectivity index (χ3n) is 7.40. The van der Waals surface area contributed by atoms with Gasteiger partial charge in [-0.1, -0.05) is 50.6 Å². The summed E-state index contributed by atoms with van der Waals surface area (Å²) in [5.41, 5.74) is 4.73. The molecular weight excluding hydrogens is 484 g/mol. The minimum Gasteiger partial charge on any atom is -0.476 e. The van der Waals surface area contributed by atoms with Crippen LogP contribution in [0.3, 0.4) is 0 Å². The lowest BCUT2D eigenvalue weighted by Crippen LogP contribution is -2.45. The third kappa shape index (κ3) is 5.50. The lowest BCUT2D eigenvalue weighted by molar-refractivity contribution is 0.0508. The van der Waals surface area contributed by atoms with E-state index in [4.69, 9.17) is 4.74 Å². The number of hydrogen-bond acceptors (Lipinski definition) is 6. The summed E-state index contributed by atoms with van der Waals surface area (Å²) in [6, 6.07) is 15.5. The molecule has 7 nitrogen and oxygen atoms in total. The van der Waals surface area contributed by atoms with E-state index in [1.807, 2.05) is 56.3 Å². The van der Waals surface area contributed by atoms with E-state index in [-0.39, 0.29) is 22.9 Å². The first kappa shape index (κ1) is 25.7. The first-order chi connectivity index (χ1) is 17.7. The van der Waals surface area contributed by atoms with Crippen LogP contribution in [0.25, 0.3) is 11.3 Å². The zero-order valence-corrected chi connectivity index (χ0v) is 22.9. The standard InChI is InChI=1S/C29H36N4O3S/c1-19(2)15-23-18-36-27-17-25(28-20(3)9-7-10-21(28)4)30-29(31-27)32-37(34,35)24-12-8-11-22(16-24)26-13-5-6-14-33(23)26/h7-12,16-17,19,23,26H,5-6,13-15,18H2,1-4H3,(H,30,31,32). The number of rotatable bonds is 3. The number of anilines is 1. The summed E-state index contributed by atoms with van der Waals surface area (Å²) in [6.07, 6.45) is 4.22. The maximum atomic E-state index is 13.5. The summed E-state index contributed by atoms with van der Waals surface area (Å²) in [7, 11) is -3.90. The molecule has 2 unspecified atom stereocenters. The fourth-order valence-electron chi connectivity index (χ4n) is 5.73. The van der Waals surface area contributed by atoms with Gasteiger partial charge in [0.2, 0.25) is 11.8 Å². The molecule has 3 heterocycles. The number of fused-ring (bicyclic) bond motifs is 6. The summed E-state index contributed by atoms with van der Waals surface area (Å²) in [5, 5.41) is 0. The Morgan fingerprint density at radius 2 is 1.81 bits per heavy atom. The molecule has 0 amide bonds. The van der Waals surface area contributed by atoms with E-state index in [1.54, 1.807) is 6.07 Å². The number of ether oxygens (including phenoxy) is 1. The average Bonchev–Trinajstić information content (AvgIpc) is 2.86. The first-order valence-electron chi connectivity index (χ1n) is 13.2. The molecule has 1 fully saturated rings. The largest absolute Gasteiger partial charge is 0.476 e. The Hall–Kier alpha value is -2.97. The number of aryl methyl sites for hydroxylation is 2. The topological polar surface area (TPSA) is 84.4 Å². The maximum absolute atomic E-state index is 13.5. The van der Waals surface area contributed by atoms with Crippen LogP contribution >= 0.6 is 0 Å². The second-order valence-corrected chi connectivity index (χ2v) is 12.4. The lowest BCUT2D eigenvalue weighted by Gasteiger charge is -2.42. The van der Waals surface area contributed by atoms with E-state index in [0.29, 0.717) is 24.1 Å². The number of benzene rings is 2. The van der Waals surface area contributed by atoms with Crippen molar-refractivity contribution in [3.63, 3.8) is 0 Å². The predicted molar refractivity (Wildman–Crippen MR) is 146 cm³/mol. The van der Waals surface area contributed by atoms with Crippen molar-refractivity contribution < 1.29 is 13.2 Å². The molecule has 8 heteroatoms. The van der Waals surface area contributed by atoms with Gasteiger partial charge in [0.25, 0.3) is 10.0 Å². The molecule has 0 aliphatic carbocycles.